The zero-order valence-electron chi connectivity index (χ0n) is 11.3. The molecule has 18 heavy (non-hydrogen) atoms. The highest BCUT2D eigenvalue weighted by Crippen LogP contribution is 2.34. The van der Waals surface area contributed by atoms with Gasteiger partial charge in [0.25, 0.3) is 0 Å². The highest BCUT2D eigenvalue weighted by atomic mass is 35.5. The molecule has 0 aliphatic carbocycles. The van der Waals surface area contributed by atoms with E-state index >= 15 is 0 Å². The number of nitrogens with two attached hydrogens (primary N) is 1. The summed E-state index contributed by atoms with van der Waals surface area (Å²) >= 11 is 6.24. The van der Waals surface area contributed by atoms with Gasteiger partial charge < -0.3 is 15.2 Å². The van der Waals surface area contributed by atoms with Crippen LogP contribution in [0.1, 0.15) is 25.3 Å². The van der Waals surface area contributed by atoms with E-state index in [2.05, 4.69) is 6.92 Å². The lowest BCUT2D eigenvalue weighted by molar-refractivity contribution is 0.354. The van der Waals surface area contributed by atoms with E-state index in [0.717, 1.165) is 42.1 Å². The van der Waals surface area contributed by atoms with Crippen LogP contribution < -0.4 is 15.2 Å². The predicted molar refractivity (Wildman–Crippen MR) is 75.7 cm³/mol. The summed E-state index contributed by atoms with van der Waals surface area (Å²) in [7, 11) is 3.24. The summed E-state index contributed by atoms with van der Waals surface area (Å²) < 4.78 is 10.5. The lowest BCUT2D eigenvalue weighted by Gasteiger charge is -2.13. The molecule has 1 unspecified atom stereocenters. The first kappa shape index (κ1) is 15.1. The first-order valence-corrected chi connectivity index (χ1v) is 6.60. The summed E-state index contributed by atoms with van der Waals surface area (Å²) in [6, 6.07) is 3.76. The van der Waals surface area contributed by atoms with Gasteiger partial charge in [0.05, 0.1) is 14.2 Å². The van der Waals surface area contributed by atoms with Crippen LogP contribution in [0.3, 0.4) is 0 Å². The molecule has 2 N–H and O–H groups in total. The van der Waals surface area contributed by atoms with Crippen molar-refractivity contribution in [1.82, 2.24) is 0 Å². The third-order valence-corrected chi connectivity index (χ3v) is 3.47. The largest absolute Gasteiger partial charge is 0.493 e. The van der Waals surface area contributed by atoms with E-state index in [-0.39, 0.29) is 0 Å². The Morgan fingerprint density at radius 2 is 1.78 bits per heavy atom. The fourth-order valence-electron chi connectivity index (χ4n) is 1.92. The van der Waals surface area contributed by atoms with Gasteiger partial charge in [-0.05, 0) is 43.4 Å². The van der Waals surface area contributed by atoms with E-state index in [9.17, 15) is 0 Å². The molecule has 102 valence electrons. The highest BCUT2D eigenvalue weighted by molar-refractivity contribution is 6.31. The van der Waals surface area contributed by atoms with E-state index in [0.29, 0.717) is 11.7 Å². The third-order valence-electron chi connectivity index (χ3n) is 3.12. The van der Waals surface area contributed by atoms with Crippen molar-refractivity contribution >= 4 is 11.6 Å². The van der Waals surface area contributed by atoms with Crippen LogP contribution >= 0.6 is 11.6 Å². The Labute approximate surface area is 114 Å². The van der Waals surface area contributed by atoms with Crippen LogP contribution in [0.15, 0.2) is 12.1 Å². The molecule has 0 spiro atoms. The van der Waals surface area contributed by atoms with Crippen LogP contribution in [-0.2, 0) is 6.42 Å². The fourth-order valence-corrected chi connectivity index (χ4v) is 2.17. The summed E-state index contributed by atoms with van der Waals surface area (Å²) in [5, 5.41) is 0.729. The van der Waals surface area contributed by atoms with Gasteiger partial charge in [-0.3, -0.25) is 0 Å². The van der Waals surface area contributed by atoms with Gasteiger partial charge in [0, 0.05) is 11.1 Å². The van der Waals surface area contributed by atoms with Crippen molar-refractivity contribution in [3.63, 3.8) is 0 Å². The molecule has 0 fully saturated rings. The molecule has 0 aromatic heterocycles. The maximum Gasteiger partial charge on any atom is 0.162 e. The monoisotopic (exact) mass is 271 g/mol. The van der Waals surface area contributed by atoms with Crippen LogP contribution in [0.2, 0.25) is 5.02 Å². The van der Waals surface area contributed by atoms with Crippen LogP contribution in [0.5, 0.6) is 11.5 Å². The van der Waals surface area contributed by atoms with Crippen LogP contribution in [0.25, 0.3) is 0 Å². The lowest BCUT2D eigenvalue weighted by Crippen LogP contribution is -2.06. The van der Waals surface area contributed by atoms with Crippen molar-refractivity contribution < 1.29 is 9.47 Å². The molecule has 0 aliphatic rings. The molecule has 1 atom stereocenters. The number of aryl methyl sites for hydroxylation is 1. The maximum absolute atomic E-state index is 6.24. The normalized spacial score (nSPS) is 12.3. The summed E-state index contributed by atoms with van der Waals surface area (Å²) in [4.78, 5) is 0. The van der Waals surface area contributed by atoms with Gasteiger partial charge in [-0.1, -0.05) is 18.5 Å². The van der Waals surface area contributed by atoms with E-state index in [1.54, 1.807) is 14.2 Å². The minimum absolute atomic E-state index is 0.610. The summed E-state index contributed by atoms with van der Waals surface area (Å²) in [5.41, 5.74) is 6.64. The Balaban J connectivity index is 2.76. The number of halogens is 1. The van der Waals surface area contributed by atoms with Crippen molar-refractivity contribution in [3.8, 4) is 11.5 Å². The van der Waals surface area contributed by atoms with E-state index in [1.807, 2.05) is 12.1 Å². The molecule has 3 nitrogen and oxygen atoms in total. The molecule has 0 heterocycles. The smallest absolute Gasteiger partial charge is 0.162 e. The SMILES string of the molecule is COc1cc(Cl)c(CCC(C)CCN)cc1OC. The van der Waals surface area contributed by atoms with Crippen LogP contribution in [-0.4, -0.2) is 20.8 Å². The van der Waals surface area contributed by atoms with Gasteiger partial charge in [0.2, 0.25) is 0 Å². The minimum atomic E-state index is 0.610. The second kappa shape index (κ2) is 7.49. The molecular weight excluding hydrogens is 250 g/mol. The van der Waals surface area contributed by atoms with Crippen molar-refractivity contribution in [2.75, 3.05) is 20.8 Å². The quantitative estimate of drug-likeness (QED) is 0.828. The Morgan fingerprint density at radius 1 is 1.17 bits per heavy atom. The Kier molecular flexibility index (Phi) is 6.30. The molecule has 0 bridgehead atoms. The van der Waals surface area contributed by atoms with Crippen molar-refractivity contribution in [2.45, 2.75) is 26.2 Å². The number of benzene rings is 1. The molecule has 1 aromatic carbocycles. The van der Waals surface area contributed by atoms with E-state index in [4.69, 9.17) is 26.8 Å². The highest BCUT2D eigenvalue weighted by Gasteiger charge is 2.11. The Hall–Kier alpha value is -0.930. The molecule has 4 heteroatoms. The molecule has 0 saturated carbocycles. The molecule has 0 radical (unpaired) electrons. The van der Waals surface area contributed by atoms with Crippen molar-refractivity contribution in [1.29, 1.82) is 0 Å². The summed E-state index contributed by atoms with van der Waals surface area (Å²) in [6.45, 7) is 2.95. The second-order valence-corrected chi connectivity index (χ2v) is 4.93. The fraction of sp³-hybridized carbons (Fsp3) is 0.571. The Morgan fingerprint density at radius 3 is 2.33 bits per heavy atom. The third kappa shape index (κ3) is 4.07. The van der Waals surface area contributed by atoms with Gasteiger partial charge in [0.15, 0.2) is 11.5 Å². The van der Waals surface area contributed by atoms with Crippen LogP contribution in [0, 0.1) is 5.92 Å². The number of ether oxygens (including phenoxy) is 2. The van der Waals surface area contributed by atoms with Gasteiger partial charge in [-0.25, -0.2) is 0 Å². The first-order valence-electron chi connectivity index (χ1n) is 6.22. The minimum Gasteiger partial charge on any atom is -0.493 e. The molecular formula is C14H22ClNO2. The van der Waals surface area contributed by atoms with Crippen LogP contribution in [0.4, 0.5) is 0 Å². The predicted octanol–water partition coefficient (Wildman–Crippen LogP) is 3.27. The molecule has 0 amide bonds. The van der Waals surface area contributed by atoms with Gasteiger partial charge in [-0.15, -0.1) is 0 Å². The first-order chi connectivity index (χ1) is 8.62. The number of methoxy groups -OCH3 is 2. The summed E-state index contributed by atoms with van der Waals surface area (Å²) in [5.74, 6) is 2.00. The zero-order chi connectivity index (χ0) is 13.5. The maximum atomic E-state index is 6.24. The number of rotatable bonds is 7. The van der Waals surface area contributed by atoms with Crippen molar-refractivity contribution in [3.05, 3.63) is 22.7 Å². The van der Waals surface area contributed by atoms with Gasteiger partial charge in [0.1, 0.15) is 0 Å². The molecule has 1 aromatic rings. The Bertz CT molecular complexity index is 382. The van der Waals surface area contributed by atoms with Crippen molar-refractivity contribution in [2.24, 2.45) is 11.7 Å². The number of hydrogen-bond donors (Lipinski definition) is 1. The topological polar surface area (TPSA) is 44.5 Å². The van der Waals surface area contributed by atoms with E-state index in [1.165, 1.54) is 0 Å². The molecule has 0 aliphatic heterocycles. The lowest BCUT2D eigenvalue weighted by atomic mass is 9.98. The average molecular weight is 272 g/mol. The standard InChI is InChI=1S/C14H22ClNO2/c1-10(6-7-16)4-5-11-8-13(17-2)14(18-3)9-12(11)15/h8-10H,4-7,16H2,1-3H3. The summed E-state index contributed by atoms with van der Waals surface area (Å²) in [6.07, 6.45) is 3.05. The average Bonchev–Trinajstić information content (AvgIpc) is 2.37. The molecule has 0 saturated heterocycles. The van der Waals surface area contributed by atoms with Gasteiger partial charge in [-0.2, -0.15) is 0 Å². The van der Waals surface area contributed by atoms with Gasteiger partial charge >= 0.3 is 0 Å². The molecule has 1 rings (SSSR count). The zero-order valence-corrected chi connectivity index (χ0v) is 12.1. The number of hydrogen-bond acceptors (Lipinski definition) is 3. The second-order valence-electron chi connectivity index (χ2n) is 4.52. The van der Waals surface area contributed by atoms with E-state index < -0.39 is 0 Å².